The van der Waals surface area contributed by atoms with Crippen LogP contribution in [-0.2, 0) is 16.6 Å². The summed E-state index contributed by atoms with van der Waals surface area (Å²) in [5.74, 6) is -1.23. The number of carbonyl (C=O) groups is 1. The number of hydrogen-bond donors (Lipinski definition) is 2. The molecular weight excluding hydrogens is 306 g/mol. The summed E-state index contributed by atoms with van der Waals surface area (Å²) in [7, 11) is -3.80. The standard InChI is InChI=1S/C11H11NO4S3/c1-7-5-17-6-8(7)4-12-19(15,16)9-2-3-18-10(9)11(13)14/h2-3,5-6,12H,4H2,1H3,(H,13,14). The average Bonchev–Trinajstić information content (AvgIpc) is 2.95. The second kappa shape index (κ2) is 5.41. The quantitative estimate of drug-likeness (QED) is 0.886. The number of aromatic carboxylic acids is 1. The molecule has 102 valence electrons. The number of sulfonamides is 1. The second-order valence-corrected chi connectivity index (χ2v) is 7.22. The number of rotatable bonds is 5. The van der Waals surface area contributed by atoms with Crippen LogP contribution in [0.3, 0.4) is 0 Å². The highest BCUT2D eigenvalue weighted by atomic mass is 32.2. The fraction of sp³-hybridized carbons (Fsp3) is 0.182. The monoisotopic (exact) mass is 317 g/mol. The average molecular weight is 317 g/mol. The summed E-state index contributed by atoms with van der Waals surface area (Å²) in [5, 5.41) is 14.2. The summed E-state index contributed by atoms with van der Waals surface area (Å²) in [6.07, 6.45) is 0. The van der Waals surface area contributed by atoms with Gasteiger partial charge in [-0.3, -0.25) is 0 Å². The molecule has 5 nitrogen and oxygen atoms in total. The predicted molar refractivity (Wildman–Crippen MR) is 74.4 cm³/mol. The maximum absolute atomic E-state index is 12.1. The lowest BCUT2D eigenvalue weighted by Crippen LogP contribution is -2.24. The van der Waals surface area contributed by atoms with E-state index >= 15 is 0 Å². The Bertz CT molecular complexity index is 699. The molecule has 0 unspecified atom stereocenters. The van der Waals surface area contributed by atoms with Gasteiger partial charge in [-0.1, -0.05) is 0 Å². The first-order valence-electron chi connectivity index (χ1n) is 5.24. The van der Waals surface area contributed by atoms with Crippen LogP contribution in [0.25, 0.3) is 0 Å². The maximum atomic E-state index is 12.1. The van der Waals surface area contributed by atoms with Gasteiger partial charge >= 0.3 is 5.97 Å². The lowest BCUT2D eigenvalue weighted by molar-refractivity contribution is 0.0698. The SMILES string of the molecule is Cc1cscc1CNS(=O)(=O)c1ccsc1C(=O)O. The zero-order valence-corrected chi connectivity index (χ0v) is 12.4. The minimum atomic E-state index is -3.80. The van der Waals surface area contributed by atoms with Gasteiger partial charge in [0.25, 0.3) is 0 Å². The normalized spacial score (nSPS) is 11.6. The van der Waals surface area contributed by atoms with E-state index in [1.165, 1.54) is 22.8 Å². The van der Waals surface area contributed by atoms with Gasteiger partial charge in [-0.15, -0.1) is 11.3 Å². The number of carboxylic acids is 1. The largest absolute Gasteiger partial charge is 0.477 e. The Morgan fingerprint density at radius 3 is 2.74 bits per heavy atom. The molecule has 2 rings (SSSR count). The lowest BCUT2D eigenvalue weighted by Gasteiger charge is -2.06. The Kier molecular flexibility index (Phi) is 4.04. The highest BCUT2D eigenvalue weighted by Crippen LogP contribution is 2.22. The van der Waals surface area contributed by atoms with Crippen LogP contribution in [0.4, 0.5) is 0 Å². The summed E-state index contributed by atoms with van der Waals surface area (Å²) in [6, 6.07) is 1.30. The van der Waals surface area contributed by atoms with Crippen LogP contribution < -0.4 is 4.72 Å². The molecule has 2 aromatic rings. The maximum Gasteiger partial charge on any atom is 0.347 e. The third-order valence-electron chi connectivity index (χ3n) is 2.53. The molecule has 0 aliphatic rings. The van der Waals surface area contributed by atoms with Gasteiger partial charge in [-0.2, -0.15) is 11.3 Å². The first-order chi connectivity index (χ1) is 8.92. The molecule has 2 aromatic heterocycles. The smallest absolute Gasteiger partial charge is 0.347 e. The number of thiophene rings is 2. The van der Waals surface area contributed by atoms with Crippen molar-refractivity contribution in [2.24, 2.45) is 0 Å². The van der Waals surface area contributed by atoms with Crippen molar-refractivity contribution in [3.05, 3.63) is 38.2 Å². The van der Waals surface area contributed by atoms with Gasteiger partial charge in [0.1, 0.15) is 9.77 Å². The van der Waals surface area contributed by atoms with Crippen LogP contribution >= 0.6 is 22.7 Å². The van der Waals surface area contributed by atoms with Crippen LogP contribution in [-0.4, -0.2) is 19.5 Å². The van der Waals surface area contributed by atoms with E-state index in [1.54, 1.807) is 0 Å². The molecule has 0 fully saturated rings. The molecule has 0 bridgehead atoms. The van der Waals surface area contributed by atoms with Crippen molar-refractivity contribution in [3.63, 3.8) is 0 Å². The topological polar surface area (TPSA) is 83.5 Å². The minimum Gasteiger partial charge on any atom is -0.477 e. The van der Waals surface area contributed by atoms with Gasteiger partial charge in [0.2, 0.25) is 10.0 Å². The van der Waals surface area contributed by atoms with Crippen LogP contribution in [0.15, 0.2) is 27.1 Å². The van der Waals surface area contributed by atoms with Gasteiger partial charge in [0, 0.05) is 6.54 Å². The summed E-state index contributed by atoms with van der Waals surface area (Å²) < 4.78 is 26.5. The molecule has 19 heavy (non-hydrogen) atoms. The van der Waals surface area contributed by atoms with E-state index in [0.717, 1.165) is 22.5 Å². The van der Waals surface area contributed by atoms with Crippen molar-refractivity contribution in [1.82, 2.24) is 4.72 Å². The molecular formula is C11H11NO4S3. The Morgan fingerprint density at radius 2 is 2.16 bits per heavy atom. The summed E-state index contributed by atoms with van der Waals surface area (Å²) >= 11 is 2.39. The van der Waals surface area contributed by atoms with Gasteiger partial charge in [0.05, 0.1) is 0 Å². The Balaban J connectivity index is 2.21. The van der Waals surface area contributed by atoms with Crippen LogP contribution in [0.2, 0.25) is 0 Å². The van der Waals surface area contributed by atoms with Crippen molar-refractivity contribution in [1.29, 1.82) is 0 Å². The molecule has 0 saturated heterocycles. The summed E-state index contributed by atoms with van der Waals surface area (Å²) in [4.78, 5) is 10.6. The molecule has 0 amide bonds. The molecule has 0 spiro atoms. The van der Waals surface area contributed by atoms with Gasteiger partial charge in [0.15, 0.2) is 0 Å². The van der Waals surface area contributed by atoms with E-state index in [2.05, 4.69) is 4.72 Å². The van der Waals surface area contributed by atoms with E-state index in [4.69, 9.17) is 5.11 Å². The van der Waals surface area contributed by atoms with Crippen LogP contribution in [0.1, 0.15) is 20.8 Å². The van der Waals surface area contributed by atoms with Gasteiger partial charge in [-0.05, 0) is 40.3 Å². The van der Waals surface area contributed by atoms with E-state index < -0.39 is 16.0 Å². The first kappa shape index (κ1) is 14.2. The van der Waals surface area contributed by atoms with E-state index in [9.17, 15) is 13.2 Å². The van der Waals surface area contributed by atoms with E-state index in [0.29, 0.717) is 0 Å². The van der Waals surface area contributed by atoms with Gasteiger partial charge < -0.3 is 5.11 Å². The molecule has 0 aliphatic heterocycles. The van der Waals surface area contributed by atoms with Crippen molar-refractivity contribution < 1.29 is 18.3 Å². The highest BCUT2D eigenvalue weighted by Gasteiger charge is 2.23. The second-order valence-electron chi connectivity index (χ2n) is 3.82. The predicted octanol–water partition coefficient (Wildman–Crippen LogP) is 2.29. The first-order valence-corrected chi connectivity index (χ1v) is 8.54. The van der Waals surface area contributed by atoms with E-state index in [1.807, 2.05) is 17.7 Å². The van der Waals surface area contributed by atoms with Crippen LogP contribution in [0.5, 0.6) is 0 Å². The Labute approximate surface area is 118 Å². The zero-order valence-electron chi connectivity index (χ0n) is 9.91. The van der Waals surface area contributed by atoms with Crippen molar-refractivity contribution in [3.8, 4) is 0 Å². The minimum absolute atomic E-state index is 0.159. The van der Waals surface area contributed by atoms with Gasteiger partial charge in [-0.25, -0.2) is 17.9 Å². The third-order valence-corrected chi connectivity index (χ3v) is 5.91. The van der Waals surface area contributed by atoms with Crippen LogP contribution in [0, 0.1) is 6.92 Å². The molecule has 2 heterocycles. The fourth-order valence-electron chi connectivity index (χ4n) is 1.48. The number of nitrogens with one attached hydrogen (secondary N) is 1. The zero-order chi connectivity index (χ0) is 14.0. The van der Waals surface area contributed by atoms with Crippen molar-refractivity contribution in [2.75, 3.05) is 0 Å². The lowest BCUT2D eigenvalue weighted by atomic mass is 10.2. The highest BCUT2D eigenvalue weighted by molar-refractivity contribution is 7.89. The number of aryl methyl sites for hydroxylation is 1. The number of carboxylic acid groups (broad SMARTS) is 1. The molecule has 2 N–H and O–H groups in total. The van der Waals surface area contributed by atoms with Crippen molar-refractivity contribution in [2.45, 2.75) is 18.4 Å². The van der Waals surface area contributed by atoms with Crippen molar-refractivity contribution >= 4 is 38.7 Å². The third kappa shape index (κ3) is 3.03. The number of hydrogen-bond acceptors (Lipinski definition) is 5. The molecule has 0 atom stereocenters. The Morgan fingerprint density at radius 1 is 1.42 bits per heavy atom. The Hall–Kier alpha value is -1.22. The summed E-state index contributed by atoms with van der Waals surface area (Å²) in [5.41, 5.74) is 1.90. The van der Waals surface area contributed by atoms with E-state index in [-0.39, 0.29) is 16.3 Å². The molecule has 0 radical (unpaired) electrons. The molecule has 0 saturated carbocycles. The molecule has 0 aliphatic carbocycles. The summed E-state index contributed by atoms with van der Waals surface area (Å²) in [6.45, 7) is 2.06. The fourth-order valence-corrected chi connectivity index (χ4v) is 4.60. The molecule has 8 heteroatoms. The molecule has 0 aromatic carbocycles.